The second-order valence-electron chi connectivity index (χ2n) is 8.02. The maximum Gasteiger partial charge on any atom is 0.0865 e. The van der Waals surface area contributed by atoms with Crippen molar-refractivity contribution in [3.8, 4) is 0 Å². The Balaban J connectivity index is 1.58. The van der Waals surface area contributed by atoms with Crippen molar-refractivity contribution in [2.45, 2.75) is 76.4 Å². The molecule has 1 heteroatoms. The minimum Gasteiger partial charge on any atom is -0.0765 e. The van der Waals surface area contributed by atoms with E-state index in [2.05, 4.69) is 31.3 Å². The second kappa shape index (κ2) is 5.12. The fourth-order valence-electron chi connectivity index (χ4n) is 4.72. The zero-order valence-corrected chi connectivity index (χ0v) is 14.7. The van der Waals surface area contributed by atoms with E-state index >= 15 is 0 Å². The van der Waals surface area contributed by atoms with Crippen molar-refractivity contribution in [2.75, 3.05) is 0 Å². The zero-order valence-electron chi connectivity index (χ0n) is 13.7. The van der Waals surface area contributed by atoms with Crippen molar-refractivity contribution in [2.24, 2.45) is 0 Å². The predicted molar refractivity (Wildman–Crippen MR) is 94.1 cm³/mol. The van der Waals surface area contributed by atoms with Gasteiger partial charge in [0.15, 0.2) is 0 Å². The normalized spacial score (nSPS) is 26.3. The first-order chi connectivity index (χ1) is 10.1. The van der Waals surface area contributed by atoms with Crippen LogP contribution in [0.25, 0.3) is 0 Å². The van der Waals surface area contributed by atoms with Gasteiger partial charge in [0.2, 0.25) is 0 Å². The molecule has 0 radical (unpaired) electrons. The fourth-order valence-corrected chi connectivity index (χ4v) is 7.60. The first-order valence-electron chi connectivity index (χ1n) is 8.98. The molecular weight excluding hydrogens is 268 g/mol. The highest BCUT2D eigenvalue weighted by Gasteiger charge is 2.38. The van der Waals surface area contributed by atoms with Gasteiger partial charge in [-0.1, -0.05) is 42.1 Å². The van der Waals surface area contributed by atoms with Crippen LogP contribution in [0.1, 0.15) is 57.8 Å². The van der Waals surface area contributed by atoms with Gasteiger partial charge in [0.25, 0.3) is 0 Å². The third kappa shape index (κ3) is 2.34. The molecule has 0 unspecified atom stereocenters. The number of fused-ring (bicyclic) bond motifs is 1. The van der Waals surface area contributed by atoms with E-state index < -0.39 is 8.07 Å². The molecule has 0 aliphatic heterocycles. The van der Waals surface area contributed by atoms with Gasteiger partial charge in [0.05, 0.1) is 8.07 Å². The molecule has 1 fully saturated rings. The molecule has 0 saturated heterocycles. The average Bonchev–Trinajstić information content (AvgIpc) is 3.11. The summed E-state index contributed by atoms with van der Waals surface area (Å²) in [5.74, 6) is 0. The maximum absolute atomic E-state index is 2.67. The summed E-state index contributed by atoms with van der Waals surface area (Å²) in [5.41, 5.74) is 7.72. The van der Waals surface area contributed by atoms with Crippen molar-refractivity contribution in [1.29, 1.82) is 0 Å². The van der Waals surface area contributed by atoms with Crippen LogP contribution in [0.4, 0.5) is 0 Å². The third-order valence-electron chi connectivity index (χ3n) is 6.36. The molecular formula is C20H28Si. The van der Waals surface area contributed by atoms with Crippen molar-refractivity contribution in [3.63, 3.8) is 0 Å². The molecule has 0 nitrogen and oxygen atoms in total. The summed E-state index contributed by atoms with van der Waals surface area (Å²) in [5, 5.41) is 1.84. The Morgan fingerprint density at radius 3 is 2.14 bits per heavy atom. The lowest BCUT2D eigenvalue weighted by Gasteiger charge is -2.29. The Morgan fingerprint density at radius 1 is 0.857 bits per heavy atom. The highest BCUT2D eigenvalue weighted by Crippen LogP contribution is 2.47. The Hall–Kier alpha value is -0.823. The SMILES string of the molecule is C[Si](C)(C1=CC2=C(CCCC2)C1)C1C=C2CCCCC2=C1. The molecule has 0 aromatic heterocycles. The molecule has 21 heavy (non-hydrogen) atoms. The van der Waals surface area contributed by atoms with E-state index in [0.29, 0.717) is 0 Å². The molecule has 1 saturated carbocycles. The van der Waals surface area contributed by atoms with Crippen LogP contribution in [-0.4, -0.2) is 8.07 Å². The van der Waals surface area contributed by atoms with Crippen LogP contribution in [0, 0.1) is 0 Å². The van der Waals surface area contributed by atoms with Gasteiger partial charge in [-0.2, -0.15) is 0 Å². The van der Waals surface area contributed by atoms with Gasteiger partial charge in [0, 0.05) is 0 Å². The lowest BCUT2D eigenvalue weighted by Crippen LogP contribution is -2.33. The quantitative estimate of drug-likeness (QED) is 0.529. The molecule has 112 valence electrons. The van der Waals surface area contributed by atoms with Crippen LogP contribution in [0.2, 0.25) is 18.6 Å². The van der Waals surface area contributed by atoms with Gasteiger partial charge < -0.3 is 0 Å². The summed E-state index contributed by atoms with van der Waals surface area (Å²) in [6.45, 7) is 5.24. The molecule has 0 aromatic rings. The van der Waals surface area contributed by atoms with E-state index in [1.807, 2.05) is 5.20 Å². The molecule has 0 bridgehead atoms. The van der Waals surface area contributed by atoms with Crippen LogP contribution < -0.4 is 0 Å². The molecule has 4 aliphatic carbocycles. The van der Waals surface area contributed by atoms with E-state index in [1.165, 1.54) is 57.8 Å². The summed E-state index contributed by atoms with van der Waals surface area (Å²) in [7, 11) is -1.35. The molecule has 0 amide bonds. The zero-order chi connectivity index (χ0) is 14.4. The topological polar surface area (TPSA) is 0 Å². The standard InChI is InChI=1S/C20H28Si/c1-21(2,19-11-15-7-3-4-8-16(15)12-19)20-13-17-9-5-6-10-18(17)14-20/h11-13,19H,3-10,14H2,1-2H3. The average molecular weight is 297 g/mol. The van der Waals surface area contributed by atoms with Crippen LogP contribution in [0.5, 0.6) is 0 Å². The van der Waals surface area contributed by atoms with Crippen molar-refractivity contribution >= 4 is 8.07 Å². The maximum atomic E-state index is 2.67. The second-order valence-corrected chi connectivity index (χ2v) is 12.8. The number of hydrogen-bond acceptors (Lipinski definition) is 0. The van der Waals surface area contributed by atoms with E-state index in [0.717, 1.165) is 5.54 Å². The first kappa shape index (κ1) is 13.8. The van der Waals surface area contributed by atoms with Gasteiger partial charge >= 0.3 is 0 Å². The lowest BCUT2D eigenvalue weighted by atomic mass is 9.92. The molecule has 0 atom stereocenters. The van der Waals surface area contributed by atoms with Gasteiger partial charge in [-0.3, -0.25) is 0 Å². The van der Waals surface area contributed by atoms with Crippen LogP contribution in [0.3, 0.4) is 0 Å². The largest absolute Gasteiger partial charge is 0.0865 e. The van der Waals surface area contributed by atoms with Gasteiger partial charge in [-0.05, 0) is 80.0 Å². The van der Waals surface area contributed by atoms with Crippen LogP contribution in [-0.2, 0) is 0 Å². The summed E-state index contributed by atoms with van der Waals surface area (Å²) in [6, 6.07) is 0. The monoisotopic (exact) mass is 296 g/mol. The van der Waals surface area contributed by atoms with Crippen LogP contribution >= 0.6 is 0 Å². The molecule has 4 aliphatic rings. The highest BCUT2D eigenvalue weighted by atomic mass is 28.3. The molecule has 0 heterocycles. The summed E-state index contributed by atoms with van der Waals surface area (Å²) in [4.78, 5) is 0. The smallest absolute Gasteiger partial charge is 0.0765 e. The van der Waals surface area contributed by atoms with Gasteiger partial charge in [-0.15, -0.1) is 0 Å². The third-order valence-corrected chi connectivity index (χ3v) is 10.3. The first-order valence-corrected chi connectivity index (χ1v) is 12.1. The summed E-state index contributed by atoms with van der Waals surface area (Å²) in [6.07, 6.45) is 20.4. The lowest BCUT2D eigenvalue weighted by molar-refractivity contribution is 0.680. The van der Waals surface area contributed by atoms with E-state index in [1.54, 1.807) is 22.3 Å². The fraction of sp³-hybridized carbons (Fsp3) is 0.600. The highest BCUT2D eigenvalue weighted by molar-refractivity contribution is 6.86. The Bertz CT molecular complexity index is 561. The Morgan fingerprint density at radius 2 is 1.48 bits per heavy atom. The van der Waals surface area contributed by atoms with Crippen molar-refractivity contribution in [3.05, 3.63) is 45.7 Å². The minimum atomic E-state index is -1.35. The van der Waals surface area contributed by atoms with Crippen LogP contribution in [0.15, 0.2) is 45.7 Å². The van der Waals surface area contributed by atoms with Gasteiger partial charge in [-0.25, -0.2) is 0 Å². The molecule has 0 N–H and O–H groups in total. The number of rotatable bonds is 2. The van der Waals surface area contributed by atoms with E-state index in [-0.39, 0.29) is 0 Å². The van der Waals surface area contributed by atoms with E-state index in [4.69, 9.17) is 0 Å². The molecule has 0 aromatic carbocycles. The van der Waals surface area contributed by atoms with Crippen molar-refractivity contribution < 1.29 is 0 Å². The van der Waals surface area contributed by atoms with Gasteiger partial charge in [0.1, 0.15) is 0 Å². The Labute approximate surface area is 130 Å². The predicted octanol–water partition coefficient (Wildman–Crippen LogP) is 6.25. The van der Waals surface area contributed by atoms with E-state index in [9.17, 15) is 0 Å². The summed E-state index contributed by atoms with van der Waals surface area (Å²) >= 11 is 0. The molecule has 0 spiro atoms. The number of hydrogen-bond donors (Lipinski definition) is 0. The van der Waals surface area contributed by atoms with Crippen molar-refractivity contribution in [1.82, 2.24) is 0 Å². The number of allylic oxidation sites excluding steroid dienone is 8. The summed E-state index contributed by atoms with van der Waals surface area (Å²) < 4.78 is 0. The molecule has 4 rings (SSSR count). The minimum absolute atomic E-state index is 0.771. The Kier molecular flexibility index (Phi) is 3.37.